The quantitative estimate of drug-likeness (QED) is 0.370. The smallest absolute Gasteiger partial charge is 0.278 e. The summed E-state index contributed by atoms with van der Waals surface area (Å²) in [7, 11) is -0.834. The van der Waals surface area contributed by atoms with Crippen molar-refractivity contribution in [2.24, 2.45) is 0 Å². The number of rotatable bonds is 7. The van der Waals surface area contributed by atoms with E-state index in [-0.39, 0.29) is 22.5 Å². The van der Waals surface area contributed by atoms with E-state index in [2.05, 4.69) is 31.0 Å². The molecule has 1 amide bonds. The number of hydrogen-bond acceptors (Lipinski definition) is 8. The van der Waals surface area contributed by atoms with Crippen molar-refractivity contribution in [2.45, 2.75) is 31.9 Å². The van der Waals surface area contributed by atoms with Crippen LogP contribution in [0.25, 0.3) is 11.3 Å². The fraction of sp³-hybridized carbons (Fsp3) is 0.292. The van der Waals surface area contributed by atoms with Gasteiger partial charge in [0.25, 0.3) is 11.5 Å². The molecule has 1 fully saturated rings. The second kappa shape index (κ2) is 9.18. The van der Waals surface area contributed by atoms with Crippen molar-refractivity contribution in [1.29, 1.82) is 0 Å². The Morgan fingerprint density at radius 1 is 1.26 bits per heavy atom. The number of aryl methyl sites for hydroxylation is 1. The van der Waals surface area contributed by atoms with Crippen molar-refractivity contribution >= 4 is 28.9 Å². The van der Waals surface area contributed by atoms with E-state index >= 15 is 0 Å². The number of methoxy groups -OCH3 is 1. The van der Waals surface area contributed by atoms with Crippen LogP contribution in [0.1, 0.15) is 33.0 Å². The molecule has 1 saturated carbocycles. The van der Waals surface area contributed by atoms with Crippen molar-refractivity contribution in [2.75, 3.05) is 24.7 Å². The zero-order valence-electron chi connectivity index (χ0n) is 22.1. The molecule has 11 heteroatoms. The highest BCUT2D eigenvalue weighted by atomic mass is 16.5. The second-order valence-electron chi connectivity index (χ2n) is 8.26. The summed E-state index contributed by atoms with van der Waals surface area (Å²) >= 11 is 0. The minimum atomic E-state index is -2.53. The van der Waals surface area contributed by atoms with Crippen LogP contribution in [0.5, 0.6) is 0 Å². The zero-order chi connectivity index (χ0) is 27.0. The van der Waals surface area contributed by atoms with Gasteiger partial charge in [0.1, 0.15) is 22.9 Å². The molecule has 35 heavy (non-hydrogen) atoms. The SMILES string of the molecule is [2H]C([2H])([2H])O[C@H]1CC[C@@H]1NC(=O)c1cnn2c(NC)cc(Nc3cccn(-c4ccc(C)nc4)c3=O)nc12. The summed E-state index contributed by atoms with van der Waals surface area (Å²) in [5.41, 5.74) is 1.88. The third kappa shape index (κ3) is 4.21. The zero-order valence-corrected chi connectivity index (χ0v) is 19.1. The number of carbonyl (C=O) groups excluding carboxylic acids is 1. The molecule has 4 heterocycles. The maximum Gasteiger partial charge on any atom is 0.278 e. The monoisotopic (exact) mass is 477 g/mol. The highest BCUT2D eigenvalue weighted by Crippen LogP contribution is 2.25. The molecule has 4 aromatic rings. The average Bonchev–Trinajstić information content (AvgIpc) is 3.30. The molecule has 0 aromatic carbocycles. The molecule has 11 nitrogen and oxygen atoms in total. The van der Waals surface area contributed by atoms with Gasteiger partial charge in [-0.25, -0.2) is 4.98 Å². The number of ether oxygens (including phenoxy) is 1. The lowest BCUT2D eigenvalue weighted by Gasteiger charge is -2.35. The number of hydrogen-bond donors (Lipinski definition) is 3. The lowest BCUT2D eigenvalue weighted by Crippen LogP contribution is -2.51. The van der Waals surface area contributed by atoms with Crippen LogP contribution in [0.4, 0.5) is 17.3 Å². The number of anilines is 3. The van der Waals surface area contributed by atoms with Crippen molar-refractivity contribution < 1.29 is 13.6 Å². The van der Waals surface area contributed by atoms with Crippen LogP contribution in [-0.2, 0) is 4.74 Å². The van der Waals surface area contributed by atoms with Crippen molar-refractivity contribution in [3.8, 4) is 5.69 Å². The fourth-order valence-corrected chi connectivity index (χ4v) is 3.92. The second-order valence-corrected chi connectivity index (χ2v) is 8.26. The number of nitrogens with zero attached hydrogens (tertiary/aromatic N) is 5. The Kier molecular flexibility index (Phi) is 5.01. The summed E-state index contributed by atoms with van der Waals surface area (Å²) in [5.74, 6) is 0.396. The molecular formula is C24H26N8O3. The van der Waals surface area contributed by atoms with Gasteiger partial charge in [-0.15, -0.1) is 0 Å². The predicted molar refractivity (Wildman–Crippen MR) is 132 cm³/mol. The number of aromatic nitrogens is 5. The van der Waals surface area contributed by atoms with E-state index in [9.17, 15) is 9.59 Å². The van der Waals surface area contributed by atoms with Crippen LogP contribution in [0, 0.1) is 6.92 Å². The molecule has 0 unspecified atom stereocenters. The number of fused-ring (bicyclic) bond motifs is 1. The van der Waals surface area contributed by atoms with Crippen LogP contribution < -0.4 is 21.5 Å². The van der Waals surface area contributed by atoms with Crippen molar-refractivity contribution in [3.63, 3.8) is 0 Å². The first-order valence-electron chi connectivity index (χ1n) is 12.6. The fourth-order valence-electron chi connectivity index (χ4n) is 3.92. The van der Waals surface area contributed by atoms with Crippen LogP contribution in [-0.4, -0.2) is 56.3 Å². The van der Waals surface area contributed by atoms with E-state index in [0.29, 0.717) is 30.2 Å². The molecule has 1 aliphatic rings. The summed E-state index contributed by atoms with van der Waals surface area (Å²) in [6, 6.07) is 8.24. The first-order valence-corrected chi connectivity index (χ1v) is 11.1. The van der Waals surface area contributed by atoms with Gasteiger partial charge in [0, 0.05) is 32.0 Å². The number of carbonyl (C=O) groups is 1. The van der Waals surface area contributed by atoms with Gasteiger partial charge in [0.2, 0.25) is 0 Å². The van der Waals surface area contributed by atoms with E-state index in [1.165, 1.54) is 15.3 Å². The van der Waals surface area contributed by atoms with Gasteiger partial charge in [0.15, 0.2) is 5.65 Å². The van der Waals surface area contributed by atoms with Gasteiger partial charge < -0.3 is 20.7 Å². The molecule has 3 N–H and O–H groups in total. The van der Waals surface area contributed by atoms with E-state index in [0.717, 1.165) is 5.69 Å². The largest absolute Gasteiger partial charge is 0.379 e. The van der Waals surface area contributed by atoms with Crippen LogP contribution >= 0.6 is 0 Å². The topological polar surface area (TPSA) is 127 Å². The van der Waals surface area contributed by atoms with Crippen LogP contribution in [0.15, 0.2) is 53.7 Å². The lowest BCUT2D eigenvalue weighted by atomic mass is 9.89. The van der Waals surface area contributed by atoms with E-state index in [1.54, 1.807) is 37.6 Å². The molecule has 0 spiro atoms. The molecule has 5 rings (SSSR count). The van der Waals surface area contributed by atoms with Gasteiger partial charge in [-0.1, -0.05) is 0 Å². The normalized spacial score (nSPS) is 18.7. The molecule has 0 radical (unpaired) electrons. The first kappa shape index (κ1) is 19.1. The Bertz CT molecular complexity index is 1550. The number of nitrogens with one attached hydrogen (secondary N) is 3. The summed E-state index contributed by atoms with van der Waals surface area (Å²) < 4.78 is 29.9. The van der Waals surface area contributed by atoms with Gasteiger partial charge >= 0.3 is 0 Å². The third-order valence-electron chi connectivity index (χ3n) is 6.04. The molecule has 0 bridgehead atoms. The third-order valence-corrected chi connectivity index (χ3v) is 6.04. The Morgan fingerprint density at radius 2 is 2.14 bits per heavy atom. The molecule has 0 aliphatic heterocycles. The molecule has 0 saturated heterocycles. The van der Waals surface area contributed by atoms with Gasteiger partial charge in [0.05, 0.1) is 34.3 Å². The highest BCUT2D eigenvalue weighted by molar-refractivity contribution is 6.00. The first-order chi connectivity index (χ1) is 18.1. The summed E-state index contributed by atoms with van der Waals surface area (Å²) in [6.45, 7) is 1.87. The Morgan fingerprint density at radius 3 is 2.86 bits per heavy atom. The lowest BCUT2D eigenvalue weighted by molar-refractivity contribution is 0.00732. The Balaban J connectivity index is 1.43. The summed E-state index contributed by atoms with van der Waals surface area (Å²) in [6.07, 6.45) is 5.22. The van der Waals surface area contributed by atoms with Crippen LogP contribution in [0.3, 0.4) is 0 Å². The molecular weight excluding hydrogens is 448 g/mol. The highest BCUT2D eigenvalue weighted by Gasteiger charge is 2.33. The minimum Gasteiger partial charge on any atom is -0.379 e. The molecule has 4 aromatic heterocycles. The Labute approximate surface area is 205 Å². The number of pyridine rings is 2. The van der Waals surface area contributed by atoms with Crippen molar-refractivity contribution in [1.82, 2.24) is 29.5 Å². The van der Waals surface area contributed by atoms with Crippen molar-refractivity contribution in [3.05, 3.63) is 70.5 Å². The minimum absolute atomic E-state index is 0.195. The van der Waals surface area contributed by atoms with E-state index in [1.807, 2.05) is 19.1 Å². The molecule has 1 aliphatic carbocycles. The number of amides is 1. The standard InChI is InChI=1S/C24H26N8O3/c1-14-6-7-15(12-26-14)31-10-4-5-18(24(31)34)28-20-11-21(25-2)32-22(30-20)16(13-27-32)23(33)29-17-8-9-19(17)35-3/h4-7,10-13,17,19,25H,8-9H2,1-3H3,(H,28,30)(H,29,33)/t17-,19-/m0/s1/i3D3. The average molecular weight is 478 g/mol. The van der Waals surface area contributed by atoms with E-state index in [4.69, 9.17) is 8.85 Å². The summed E-state index contributed by atoms with van der Waals surface area (Å²) in [5, 5.41) is 13.2. The maximum absolute atomic E-state index is 13.2. The maximum atomic E-state index is 13.2. The molecule has 180 valence electrons. The predicted octanol–water partition coefficient (Wildman–Crippen LogP) is 2.28. The van der Waals surface area contributed by atoms with E-state index < -0.39 is 25.1 Å². The summed E-state index contributed by atoms with van der Waals surface area (Å²) in [4.78, 5) is 35.1. The van der Waals surface area contributed by atoms with Gasteiger partial charge in [-0.2, -0.15) is 9.61 Å². The van der Waals surface area contributed by atoms with Gasteiger partial charge in [-0.05, 0) is 44.0 Å². The van der Waals surface area contributed by atoms with Crippen LogP contribution in [0.2, 0.25) is 0 Å². The Hall–Kier alpha value is -4.25. The van der Waals surface area contributed by atoms with Gasteiger partial charge in [-0.3, -0.25) is 19.1 Å². The molecule has 2 atom stereocenters.